The summed E-state index contributed by atoms with van der Waals surface area (Å²) in [4.78, 5) is 13.4. The number of thiocarbonyl (C=S) groups is 1. The van der Waals surface area contributed by atoms with Gasteiger partial charge in [0.1, 0.15) is 4.32 Å². The molecule has 0 unspecified atom stereocenters. The molecular weight excluding hydrogens is 311 g/mol. The fraction of sp³-hybridized carbons (Fsp3) is 0.273. The molecule has 18 heavy (non-hydrogen) atoms. The van der Waals surface area contributed by atoms with E-state index in [9.17, 15) is 4.79 Å². The number of carbonyl (C=O) groups is 1. The van der Waals surface area contributed by atoms with Gasteiger partial charge in [0.15, 0.2) is 0 Å². The van der Waals surface area contributed by atoms with Gasteiger partial charge in [0.25, 0.3) is 0 Å². The lowest BCUT2D eigenvalue weighted by molar-refractivity contribution is -0.113. The van der Waals surface area contributed by atoms with Gasteiger partial charge in [0.2, 0.25) is 5.91 Å². The maximum atomic E-state index is 11.7. The number of anilines is 1. The van der Waals surface area contributed by atoms with Crippen LogP contribution in [-0.2, 0) is 4.79 Å². The van der Waals surface area contributed by atoms with Crippen molar-refractivity contribution in [2.75, 3.05) is 25.2 Å². The molecule has 1 N–H and O–H groups in total. The molecule has 0 bridgehead atoms. The van der Waals surface area contributed by atoms with Gasteiger partial charge in [0, 0.05) is 29.8 Å². The number of benzene rings is 1. The molecular formula is C11H12Cl2N2OS2. The summed E-state index contributed by atoms with van der Waals surface area (Å²) in [5.74, 6) is 0.101. The summed E-state index contributed by atoms with van der Waals surface area (Å²) in [6.45, 7) is 0. The van der Waals surface area contributed by atoms with Gasteiger partial charge in [-0.25, -0.2) is 0 Å². The van der Waals surface area contributed by atoms with Crippen molar-refractivity contribution < 1.29 is 4.79 Å². The van der Waals surface area contributed by atoms with Gasteiger partial charge >= 0.3 is 0 Å². The standard InChI is InChI=1S/C11H12Cl2N2OS2/c1-15(2)11(17)18-6-10(16)14-9-4-7(12)3-8(13)5-9/h3-5H,6H2,1-2H3,(H,14,16). The zero-order chi connectivity index (χ0) is 13.7. The monoisotopic (exact) mass is 322 g/mol. The smallest absolute Gasteiger partial charge is 0.234 e. The summed E-state index contributed by atoms with van der Waals surface area (Å²) in [6, 6.07) is 4.88. The Kier molecular flexibility index (Phi) is 6.21. The third-order valence-electron chi connectivity index (χ3n) is 1.84. The second kappa shape index (κ2) is 7.19. The second-order valence-electron chi connectivity index (χ2n) is 3.66. The Balaban J connectivity index is 2.52. The van der Waals surface area contributed by atoms with Crippen LogP contribution in [0.5, 0.6) is 0 Å². The number of thioether (sulfide) groups is 1. The fourth-order valence-electron chi connectivity index (χ4n) is 1.08. The van der Waals surface area contributed by atoms with Gasteiger partial charge in [-0.2, -0.15) is 0 Å². The van der Waals surface area contributed by atoms with Gasteiger partial charge in [-0.05, 0) is 18.2 Å². The number of halogens is 2. The summed E-state index contributed by atoms with van der Waals surface area (Å²) in [5.41, 5.74) is 0.578. The zero-order valence-electron chi connectivity index (χ0n) is 9.87. The molecule has 0 saturated carbocycles. The molecule has 0 aliphatic heterocycles. The van der Waals surface area contributed by atoms with Gasteiger partial charge in [-0.1, -0.05) is 47.2 Å². The number of hydrogen-bond acceptors (Lipinski definition) is 3. The molecule has 0 aliphatic carbocycles. The van der Waals surface area contributed by atoms with E-state index in [1.807, 2.05) is 14.1 Å². The Morgan fingerprint density at radius 1 is 1.33 bits per heavy atom. The predicted molar refractivity (Wildman–Crippen MR) is 83.8 cm³/mol. The maximum Gasteiger partial charge on any atom is 0.234 e. The average molecular weight is 323 g/mol. The van der Waals surface area contributed by atoms with Crippen LogP contribution in [-0.4, -0.2) is 35.0 Å². The highest BCUT2D eigenvalue weighted by Gasteiger charge is 2.07. The molecule has 98 valence electrons. The molecule has 3 nitrogen and oxygen atoms in total. The average Bonchev–Trinajstić information content (AvgIpc) is 2.24. The lowest BCUT2D eigenvalue weighted by Crippen LogP contribution is -2.20. The molecule has 0 spiro atoms. The molecule has 0 radical (unpaired) electrons. The van der Waals surface area contributed by atoms with E-state index >= 15 is 0 Å². The van der Waals surface area contributed by atoms with E-state index < -0.39 is 0 Å². The predicted octanol–water partition coefficient (Wildman–Crippen LogP) is 3.51. The summed E-state index contributed by atoms with van der Waals surface area (Å²) in [6.07, 6.45) is 0. The fourth-order valence-corrected chi connectivity index (χ4v) is 2.37. The van der Waals surface area contributed by atoms with E-state index in [0.29, 0.717) is 20.1 Å². The quantitative estimate of drug-likeness (QED) is 0.863. The molecule has 0 saturated heterocycles. The van der Waals surface area contributed by atoms with Crippen LogP contribution < -0.4 is 5.32 Å². The minimum absolute atomic E-state index is 0.150. The minimum Gasteiger partial charge on any atom is -0.364 e. The van der Waals surface area contributed by atoms with Crippen molar-refractivity contribution in [3.8, 4) is 0 Å². The Morgan fingerprint density at radius 2 is 1.89 bits per heavy atom. The van der Waals surface area contributed by atoms with Crippen LogP contribution in [0.25, 0.3) is 0 Å². The number of amides is 1. The minimum atomic E-state index is -0.150. The Morgan fingerprint density at radius 3 is 2.39 bits per heavy atom. The van der Waals surface area contributed by atoms with Crippen LogP contribution >= 0.6 is 47.2 Å². The van der Waals surface area contributed by atoms with Crippen molar-refractivity contribution in [1.82, 2.24) is 4.90 Å². The summed E-state index contributed by atoms with van der Waals surface area (Å²) in [5, 5.41) is 3.67. The molecule has 0 heterocycles. The Bertz CT molecular complexity index is 446. The maximum absolute atomic E-state index is 11.7. The van der Waals surface area contributed by atoms with Crippen LogP contribution in [0.4, 0.5) is 5.69 Å². The van der Waals surface area contributed by atoms with Crippen molar-refractivity contribution in [2.24, 2.45) is 0 Å². The van der Waals surface area contributed by atoms with Crippen LogP contribution in [0.2, 0.25) is 10.0 Å². The molecule has 1 aromatic carbocycles. The number of nitrogens with one attached hydrogen (secondary N) is 1. The highest BCUT2D eigenvalue weighted by atomic mass is 35.5. The number of carbonyl (C=O) groups excluding carboxylic acids is 1. The largest absolute Gasteiger partial charge is 0.364 e. The van der Waals surface area contributed by atoms with E-state index in [1.54, 1.807) is 23.1 Å². The highest BCUT2D eigenvalue weighted by molar-refractivity contribution is 8.23. The number of hydrogen-bond donors (Lipinski definition) is 1. The Labute approximate surface area is 126 Å². The van der Waals surface area contributed by atoms with Gasteiger partial charge in [-0.15, -0.1) is 0 Å². The van der Waals surface area contributed by atoms with Crippen LogP contribution in [0.15, 0.2) is 18.2 Å². The van der Waals surface area contributed by atoms with E-state index in [1.165, 1.54) is 11.8 Å². The molecule has 1 amide bonds. The molecule has 0 aromatic heterocycles. The normalized spacial score (nSPS) is 10.0. The van der Waals surface area contributed by atoms with Crippen molar-refractivity contribution in [3.63, 3.8) is 0 Å². The number of nitrogens with zero attached hydrogens (tertiary/aromatic N) is 1. The van der Waals surface area contributed by atoms with Gasteiger partial charge < -0.3 is 10.2 Å². The SMILES string of the molecule is CN(C)C(=S)SCC(=O)Nc1cc(Cl)cc(Cl)c1. The molecule has 7 heteroatoms. The van der Waals surface area contributed by atoms with Crippen molar-refractivity contribution >= 4 is 63.1 Å². The second-order valence-corrected chi connectivity index (χ2v) is 6.14. The van der Waals surface area contributed by atoms with Gasteiger partial charge in [0.05, 0.1) is 5.75 Å². The molecule has 1 aromatic rings. The van der Waals surface area contributed by atoms with Crippen LogP contribution in [0.1, 0.15) is 0 Å². The topological polar surface area (TPSA) is 32.3 Å². The van der Waals surface area contributed by atoms with Crippen LogP contribution in [0, 0.1) is 0 Å². The van der Waals surface area contributed by atoms with Crippen molar-refractivity contribution in [3.05, 3.63) is 28.2 Å². The number of rotatable bonds is 3. The first-order valence-electron chi connectivity index (χ1n) is 4.98. The lowest BCUT2D eigenvalue weighted by Gasteiger charge is -2.12. The summed E-state index contributed by atoms with van der Waals surface area (Å²) < 4.78 is 0.661. The zero-order valence-corrected chi connectivity index (χ0v) is 13.0. The van der Waals surface area contributed by atoms with E-state index in [4.69, 9.17) is 35.4 Å². The molecule has 0 aliphatic rings. The van der Waals surface area contributed by atoms with E-state index in [0.717, 1.165) is 0 Å². The summed E-state index contributed by atoms with van der Waals surface area (Å²) >= 11 is 18.0. The first kappa shape index (κ1) is 15.6. The van der Waals surface area contributed by atoms with Crippen LogP contribution in [0.3, 0.4) is 0 Å². The Hall–Kier alpha value is -0.490. The third-order valence-corrected chi connectivity index (χ3v) is 4.01. The summed E-state index contributed by atoms with van der Waals surface area (Å²) in [7, 11) is 3.67. The molecule has 1 rings (SSSR count). The first-order valence-corrected chi connectivity index (χ1v) is 7.13. The molecule has 0 fully saturated rings. The van der Waals surface area contributed by atoms with Gasteiger partial charge in [-0.3, -0.25) is 4.79 Å². The van der Waals surface area contributed by atoms with E-state index in [-0.39, 0.29) is 11.7 Å². The highest BCUT2D eigenvalue weighted by Crippen LogP contribution is 2.22. The van der Waals surface area contributed by atoms with E-state index in [2.05, 4.69) is 5.32 Å². The van der Waals surface area contributed by atoms with Crippen molar-refractivity contribution in [1.29, 1.82) is 0 Å². The molecule has 0 atom stereocenters. The third kappa shape index (κ3) is 5.44. The lowest BCUT2D eigenvalue weighted by atomic mass is 10.3. The first-order chi connectivity index (χ1) is 8.38. The van der Waals surface area contributed by atoms with Crippen molar-refractivity contribution in [2.45, 2.75) is 0 Å².